The summed E-state index contributed by atoms with van der Waals surface area (Å²) in [6, 6.07) is 0. The van der Waals surface area contributed by atoms with Crippen molar-refractivity contribution >= 4 is 10.0 Å². The van der Waals surface area contributed by atoms with Gasteiger partial charge in [-0.15, -0.1) is 0 Å². The SMILES string of the molecule is CCCCCCCCCCCCCCCCS(=O)(=O)[N-][N+](C)(C)C. The third kappa shape index (κ3) is 18.2. The predicted molar refractivity (Wildman–Crippen MR) is 105 cm³/mol. The van der Waals surface area contributed by atoms with Crippen LogP contribution in [0.4, 0.5) is 0 Å². The Hall–Kier alpha value is -0.130. The van der Waals surface area contributed by atoms with Crippen LogP contribution in [0.3, 0.4) is 0 Å². The molecule has 0 radical (unpaired) electrons. The molecule has 146 valence electrons. The van der Waals surface area contributed by atoms with Gasteiger partial charge in [-0.1, -0.05) is 90.4 Å². The third-order valence-electron chi connectivity index (χ3n) is 4.13. The Morgan fingerprint density at radius 2 is 0.958 bits per heavy atom. The molecule has 5 heteroatoms. The summed E-state index contributed by atoms with van der Waals surface area (Å²) in [6.45, 7) is 2.26. The molecular formula is C19H42N2O2S. The molecule has 0 spiro atoms. The monoisotopic (exact) mass is 362 g/mol. The minimum atomic E-state index is -3.26. The van der Waals surface area contributed by atoms with Gasteiger partial charge < -0.3 is 9.42 Å². The number of hydrogen-bond donors (Lipinski definition) is 0. The maximum atomic E-state index is 11.8. The van der Waals surface area contributed by atoms with Gasteiger partial charge in [0.25, 0.3) is 0 Å². The van der Waals surface area contributed by atoms with Gasteiger partial charge in [-0.05, 0) is 6.42 Å². The highest BCUT2D eigenvalue weighted by molar-refractivity contribution is 7.93. The Morgan fingerprint density at radius 1 is 0.625 bits per heavy atom. The van der Waals surface area contributed by atoms with E-state index in [1.807, 2.05) is 0 Å². The molecule has 0 aromatic heterocycles. The number of quaternary nitrogens is 1. The summed E-state index contributed by atoms with van der Waals surface area (Å²) in [5.74, 6) is 0.195. The first-order valence-corrected chi connectivity index (χ1v) is 11.7. The van der Waals surface area contributed by atoms with Crippen LogP contribution in [-0.2, 0) is 10.0 Å². The molecule has 4 nitrogen and oxygen atoms in total. The van der Waals surface area contributed by atoms with Crippen LogP contribution in [0.2, 0.25) is 0 Å². The molecule has 0 aliphatic heterocycles. The van der Waals surface area contributed by atoms with Gasteiger partial charge in [-0.25, -0.2) is 8.42 Å². The summed E-state index contributed by atoms with van der Waals surface area (Å²) < 4.78 is 23.7. The summed E-state index contributed by atoms with van der Waals surface area (Å²) in [6.07, 6.45) is 17.9. The lowest BCUT2D eigenvalue weighted by molar-refractivity contribution is -0.824. The number of nitrogens with zero attached hydrogens (tertiary/aromatic N) is 2. The van der Waals surface area contributed by atoms with Crippen molar-refractivity contribution in [1.82, 2.24) is 0 Å². The maximum absolute atomic E-state index is 11.8. The standard InChI is InChI=1S/C19H42N2O2S/c1-5-6-7-8-9-10-11-12-13-14-15-16-17-18-19-24(22,23)20-21(2,3)4/h5-19H2,1-4H3. The Labute approximate surface area is 152 Å². The fraction of sp³-hybridized carbons (Fsp3) is 1.00. The van der Waals surface area contributed by atoms with E-state index in [4.69, 9.17) is 0 Å². The molecule has 0 unspecified atom stereocenters. The van der Waals surface area contributed by atoms with Gasteiger partial charge in [0.05, 0.1) is 21.1 Å². The van der Waals surface area contributed by atoms with Gasteiger partial charge in [0.2, 0.25) is 0 Å². The Bertz CT molecular complexity index is 375. The zero-order valence-electron chi connectivity index (χ0n) is 16.7. The van der Waals surface area contributed by atoms with Crippen molar-refractivity contribution in [3.8, 4) is 0 Å². The first-order valence-electron chi connectivity index (χ1n) is 10.1. The van der Waals surface area contributed by atoms with Crippen LogP contribution in [0.5, 0.6) is 0 Å². The second-order valence-corrected chi connectivity index (χ2v) is 9.64. The van der Waals surface area contributed by atoms with Crippen LogP contribution in [0.25, 0.3) is 4.83 Å². The number of sulfonamides is 1. The van der Waals surface area contributed by atoms with Gasteiger partial charge in [-0.3, -0.25) is 0 Å². The second kappa shape index (κ2) is 14.1. The zero-order chi connectivity index (χ0) is 18.3. The van der Waals surface area contributed by atoms with E-state index in [0.717, 1.165) is 19.3 Å². The molecule has 0 saturated heterocycles. The van der Waals surface area contributed by atoms with Crippen LogP contribution in [0.15, 0.2) is 0 Å². The Balaban J connectivity index is 3.31. The first kappa shape index (κ1) is 23.9. The zero-order valence-corrected chi connectivity index (χ0v) is 17.5. The fourth-order valence-electron chi connectivity index (χ4n) is 2.89. The molecule has 0 N–H and O–H groups in total. The lowest BCUT2D eigenvalue weighted by atomic mass is 10.0. The minimum absolute atomic E-state index is 0.126. The number of unbranched alkanes of at least 4 members (excludes halogenated alkanes) is 13. The average Bonchev–Trinajstić information content (AvgIpc) is 2.45. The molecule has 0 aromatic rings. The van der Waals surface area contributed by atoms with Crippen molar-refractivity contribution < 1.29 is 13.0 Å². The molecule has 0 aromatic carbocycles. The van der Waals surface area contributed by atoms with E-state index in [-0.39, 0.29) is 10.3 Å². The van der Waals surface area contributed by atoms with E-state index in [0.29, 0.717) is 0 Å². The van der Waals surface area contributed by atoms with E-state index in [1.54, 1.807) is 21.1 Å². The molecule has 0 heterocycles. The molecule has 0 amide bonds. The average molecular weight is 363 g/mol. The van der Waals surface area contributed by atoms with E-state index >= 15 is 0 Å². The van der Waals surface area contributed by atoms with Gasteiger partial charge >= 0.3 is 0 Å². The van der Waals surface area contributed by atoms with E-state index in [2.05, 4.69) is 11.8 Å². The Morgan fingerprint density at radius 3 is 1.29 bits per heavy atom. The molecular weight excluding hydrogens is 320 g/mol. The summed E-state index contributed by atoms with van der Waals surface area (Å²) in [5, 5.41) is 0. The van der Waals surface area contributed by atoms with Crippen LogP contribution >= 0.6 is 0 Å². The summed E-state index contributed by atoms with van der Waals surface area (Å²) in [4.78, 5) is 3.85. The maximum Gasteiger partial charge on any atom is 0.113 e. The van der Waals surface area contributed by atoms with Crippen molar-refractivity contribution in [3.05, 3.63) is 4.83 Å². The van der Waals surface area contributed by atoms with Gasteiger partial charge in [-0.2, -0.15) is 0 Å². The molecule has 0 aliphatic rings. The van der Waals surface area contributed by atoms with Gasteiger partial charge in [0.15, 0.2) is 0 Å². The molecule has 24 heavy (non-hydrogen) atoms. The van der Waals surface area contributed by atoms with Crippen molar-refractivity contribution in [2.75, 3.05) is 26.9 Å². The van der Waals surface area contributed by atoms with Crippen LogP contribution in [0, 0.1) is 0 Å². The van der Waals surface area contributed by atoms with E-state index < -0.39 is 10.0 Å². The molecule has 0 atom stereocenters. The minimum Gasteiger partial charge on any atom is -0.388 e. The van der Waals surface area contributed by atoms with E-state index in [9.17, 15) is 8.42 Å². The van der Waals surface area contributed by atoms with Crippen LogP contribution in [-0.4, -0.2) is 39.9 Å². The van der Waals surface area contributed by atoms with Crippen molar-refractivity contribution in [2.24, 2.45) is 0 Å². The smallest absolute Gasteiger partial charge is 0.113 e. The summed E-state index contributed by atoms with van der Waals surface area (Å²) >= 11 is 0. The van der Waals surface area contributed by atoms with Crippen molar-refractivity contribution in [1.29, 1.82) is 0 Å². The molecule has 0 rings (SSSR count). The highest BCUT2D eigenvalue weighted by atomic mass is 32.2. The molecule has 0 bridgehead atoms. The predicted octanol–water partition coefficient (Wildman–Crippen LogP) is 5.79. The fourth-order valence-corrected chi connectivity index (χ4v) is 4.29. The van der Waals surface area contributed by atoms with Crippen LogP contribution in [0.1, 0.15) is 96.8 Å². The molecule has 0 fully saturated rings. The lowest BCUT2D eigenvalue weighted by Gasteiger charge is -2.37. The van der Waals surface area contributed by atoms with Crippen molar-refractivity contribution in [3.63, 3.8) is 0 Å². The second-order valence-electron chi connectivity index (χ2n) is 7.91. The third-order valence-corrected chi connectivity index (χ3v) is 5.67. The quantitative estimate of drug-likeness (QED) is 0.187. The van der Waals surface area contributed by atoms with Gasteiger partial charge in [0, 0.05) is 5.75 Å². The number of rotatable bonds is 17. The lowest BCUT2D eigenvalue weighted by Crippen LogP contribution is -2.32. The highest BCUT2D eigenvalue weighted by Gasteiger charge is 2.07. The molecule has 0 saturated carbocycles. The van der Waals surface area contributed by atoms with Crippen LogP contribution < -0.4 is 0 Å². The topological polar surface area (TPSA) is 48.2 Å². The summed E-state index contributed by atoms with van der Waals surface area (Å²) in [5.41, 5.74) is 0. The van der Waals surface area contributed by atoms with Crippen molar-refractivity contribution in [2.45, 2.75) is 96.8 Å². The first-order chi connectivity index (χ1) is 11.3. The highest BCUT2D eigenvalue weighted by Crippen LogP contribution is 2.15. The molecule has 0 aliphatic carbocycles. The van der Waals surface area contributed by atoms with E-state index in [1.165, 1.54) is 70.6 Å². The largest absolute Gasteiger partial charge is 0.388 e. The van der Waals surface area contributed by atoms with Gasteiger partial charge in [0.1, 0.15) is 10.0 Å². The Kier molecular flexibility index (Phi) is 14.0. The summed E-state index contributed by atoms with van der Waals surface area (Å²) in [7, 11) is 2.04. The number of hydrogen-bond acceptors (Lipinski definition) is 2. The normalized spacial score (nSPS) is 12.7.